The van der Waals surface area contributed by atoms with Crippen molar-refractivity contribution >= 4 is 10.0 Å². The second-order valence-electron chi connectivity index (χ2n) is 5.40. The third kappa shape index (κ3) is 3.19. The summed E-state index contributed by atoms with van der Waals surface area (Å²) < 4.78 is 46.2. The Hall–Kier alpha value is -0.980. The molecule has 1 aliphatic rings. The third-order valence-corrected chi connectivity index (χ3v) is 5.57. The summed E-state index contributed by atoms with van der Waals surface area (Å²) in [5.41, 5.74) is 0.842. The van der Waals surface area contributed by atoms with E-state index in [-0.39, 0.29) is 16.9 Å². The maximum absolute atomic E-state index is 13.3. The minimum atomic E-state index is -3.65. The molecule has 2 unspecified atom stereocenters. The largest absolute Gasteiger partial charge is 0.381 e. The van der Waals surface area contributed by atoms with Gasteiger partial charge in [-0.2, -0.15) is 0 Å². The van der Waals surface area contributed by atoms with Gasteiger partial charge in [0.15, 0.2) is 0 Å². The summed E-state index contributed by atoms with van der Waals surface area (Å²) in [6, 6.07) is 2.28. The monoisotopic (exact) mass is 301 g/mol. The second-order valence-corrected chi connectivity index (χ2v) is 7.05. The molecule has 4 nitrogen and oxygen atoms in total. The van der Waals surface area contributed by atoms with Crippen molar-refractivity contribution in [3.05, 3.63) is 29.1 Å². The zero-order chi connectivity index (χ0) is 14.9. The topological polar surface area (TPSA) is 55.4 Å². The van der Waals surface area contributed by atoms with E-state index in [2.05, 4.69) is 4.72 Å². The highest BCUT2D eigenvalue weighted by atomic mass is 32.2. The average Bonchev–Trinajstić information content (AvgIpc) is 2.78. The summed E-state index contributed by atoms with van der Waals surface area (Å²) in [5.74, 6) is -0.234. The van der Waals surface area contributed by atoms with E-state index in [0.717, 1.165) is 6.42 Å². The first-order valence-electron chi connectivity index (χ1n) is 6.68. The number of ether oxygens (including phenoxy) is 1. The lowest BCUT2D eigenvalue weighted by atomic mass is 10.0. The number of rotatable bonds is 4. The fourth-order valence-corrected chi connectivity index (χ4v) is 4.43. The van der Waals surface area contributed by atoms with E-state index in [9.17, 15) is 12.8 Å². The highest BCUT2D eigenvalue weighted by molar-refractivity contribution is 7.89. The SMILES string of the molecule is Cc1cc(F)cc(C)c1S(=O)(=O)NC(C)C1CCOC1. The number of nitrogens with one attached hydrogen (secondary N) is 1. The summed E-state index contributed by atoms with van der Waals surface area (Å²) in [4.78, 5) is 0.171. The third-order valence-electron chi connectivity index (χ3n) is 3.71. The van der Waals surface area contributed by atoms with Gasteiger partial charge in [0.2, 0.25) is 10.0 Å². The van der Waals surface area contributed by atoms with Crippen LogP contribution in [0.3, 0.4) is 0 Å². The molecule has 1 fully saturated rings. The Labute approximate surface area is 119 Å². The molecule has 1 heterocycles. The first-order chi connectivity index (χ1) is 9.31. The molecule has 1 aromatic rings. The summed E-state index contributed by atoms with van der Waals surface area (Å²) in [6.07, 6.45) is 0.852. The zero-order valence-electron chi connectivity index (χ0n) is 11.9. The van der Waals surface area contributed by atoms with E-state index in [4.69, 9.17) is 4.74 Å². The summed E-state index contributed by atoms with van der Waals surface area (Å²) >= 11 is 0. The van der Waals surface area contributed by atoms with E-state index in [1.165, 1.54) is 12.1 Å². The minimum absolute atomic E-state index is 0.171. The van der Waals surface area contributed by atoms with Crippen molar-refractivity contribution in [3.8, 4) is 0 Å². The molecular formula is C14H20FNO3S. The van der Waals surface area contributed by atoms with Gasteiger partial charge in [0, 0.05) is 18.6 Å². The zero-order valence-corrected chi connectivity index (χ0v) is 12.8. The first kappa shape index (κ1) is 15.4. The molecule has 0 amide bonds. The van der Waals surface area contributed by atoms with Crippen LogP contribution in [0.15, 0.2) is 17.0 Å². The first-order valence-corrected chi connectivity index (χ1v) is 8.16. The Morgan fingerprint density at radius 2 is 1.95 bits per heavy atom. The lowest BCUT2D eigenvalue weighted by molar-refractivity contribution is 0.180. The van der Waals surface area contributed by atoms with Crippen LogP contribution in [0.2, 0.25) is 0 Å². The Kier molecular flexibility index (Phi) is 4.46. The molecule has 20 heavy (non-hydrogen) atoms. The van der Waals surface area contributed by atoms with Gasteiger partial charge in [-0.1, -0.05) is 0 Å². The quantitative estimate of drug-likeness (QED) is 0.927. The van der Waals surface area contributed by atoms with Crippen molar-refractivity contribution in [2.75, 3.05) is 13.2 Å². The molecule has 0 aliphatic carbocycles. The van der Waals surface area contributed by atoms with Crippen LogP contribution in [0.4, 0.5) is 4.39 Å². The van der Waals surface area contributed by atoms with Gasteiger partial charge in [-0.3, -0.25) is 0 Å². The van der Waals surface area contributed by atoms with Crippen molar-refractivity contribution in [2.24, 2.45) is 5.92 Å². The number of hydrogen-bond donors (Lipinski definition) is 1. The summed E-state index contributed by atoms with van der Waals surface area (Å²) in [7, 11) is -3.65. The van der Waals surface area contributed by atoms with Gasteiger partial charge in [-0.05, 0) is 50.5 Å². The standard InChI is InChI=1S/C14H20FNO3S/c1-9-6-13(15)7-10(2)14(9)20(17,18)16-11(3)12-4-5-19-8-12/h6-7,11-12,16H,4-5,8H2,1-3H3. The number of sulfonamides is 1. The van der Waals surface area contributed by atoms with Crippen LogP contribution in [0.5, 0.6) is 0 Å². The fourth-order valence-electron chi connectivity index (χ4n) is 2.67. The molecule has 0 saturated carbocycles. The van der Waals surface area contributed by atoms with Gasteiger partial charge in [-0.15, -0.1) is 0 Å². The number of aryl methyl sites for hydroxylation is 2. The average molecular weight is 301 g/mol. The molecule has 0 bridgehead atoms. The van der Waals surface area contributed by atoms with Gasteiger partial charge in [0.05, 0.1) is 11.5 Å². The molecule has 2 atom stereocenters. The predicted molar refractivity (Wildman–Crippen MR) is 74.6 cm³/mol. The normalized spacial score (nSPS) is 21.1. The van der Waals surface area contributed by atoms with Crippen molar-refractivity contribution in [1.29, 1.82) is 0 Å². The van der Waals surface area contributed by atoms with Gasteiger partial charge in [-0.25, -0.2) is 17.5 Å². The van der Waals surface area contributed by atoms with E-state index in [0.29, 0.717) is 24.3 Å². The second kappa shape index (κ2) is 5.79. The summed E-state index contributed by atoms with van der Waals surface area (Å²) in [5, 5.41) is 0. The number of halogens is 1. The summed E-state index contributed by atoms with van der Waals surface area (Å²) in [6.45, 7) is 6.30. The molecule has 0 aromatic heterocycles. The molecule has 2 rings (SSSR count). The van der Waals surface area contributed by atoms with Crippen LogP contribution >= 0.6 is 0 Å². The van der Waals surface area contributed by atoms with Crippen molar-refractivity contribution in [3.63, 3.8) is 0 Å². The molecule has 1 aromatic carbocycles. The Morgan fingerprint density at radius 3 is 2.45 bits per heavy atom. The van der Waals surface area contributed by atoms with E-state index >= 15 is 0 Å². The predicted octanol–water partition coefficient (Wildman–Crippen LogP) is 2.15. The van der Waals surface area contributed by atoms with Gasteiger partial charge in [0.1, 0.15) is 5.82 Å². The highest BCUT2D eigenvalue weighted by Gasteiger charge is 2.28. The maximum Gasteiger partial charge on any atom is 0.241 e. The van der Waals surface area contributed by atoms with Crippen LogP contribution < -0.4 is 4.72 Å². The maximum atomic E-state index is 13.3. The van der Waals surface area contributed by atoms with Crippen LogP contribution in [0.1, 0.15) is 24.5 Å². The number of benzene rings is 1. The van der Waals surface area contributed by atoms with Gasteiger partial charge >= 0.3 is 0 Å². The van der Waals surface area contributed by atoms with Crippen molar-refractivity contribution < 1.29 is 17.5 Å². The minimum Gasteiger partial charge on any atom is -0.381 e. The lowest BCUT2D eigenvalue weighted by Crippen LogP contribution is -2.38. The van der Waals surface area contributed by atoms with Crippen LogP contribution in [0.25, 0.3) is 0 Å². The van der Waals surface area contributed by atoms with Crippen LogP contribution in [0, 0.1) is 25.6 Å². The van der Waals surface area contributed by atoms with Crippen molar-refractivity contribution in [1.82, 2.24) is 4.72 Å². The van der Waals surface area contributed by atoms with Crippen LogP contribution in [-0.4, -0.2) is 27.7 Å². The fraction of sp³-hybridized carbons (Fsp3) is 0.571. The van der Waals surface area contributed by atoms with Crippen molar-refractivity contribution in [2.45, 2.75) is 38.1 Å². The molecule has 0 spiro atoms. The van der Waals surface area contributed by atoms with E-state index < -0.39 is 15.8 Å². The van der Waals surface area contributed by atoms with E-state index in [1.54, 1.807) is 13.8 Å². The molecular weight excluding hydrogens is 281 g/mol. The molecule has 1 aliphatic heterocycles. The molecule has 112 valence electrons. The molecule has 1 N–H and O–H groups in total. The van der Waals surface area contributed by atoms with Crippen LogP contribution in [-0.2, 0) is 14.8 Å². The highest BCUT2D eigenvalue weighted by Crippen LogP contribution is 2.23. The molecule has 6 heteroatoms. The Morgan fingerprint density at radius 1 is 1.35 bits per heavy atom. The molecule has 1 saturated heterocycles. The number of hydrogen-bond acceptors (Lipinski definition) is 3. The smallest absolute Gasteiger partial charge is 0.241 e. The molecule has 0 radical (unpaired) electrons. The Balaban J connectivity index is 2.26. The Bertz CT molecular complexity index is 571. The van der Waals surface area contributed by atoms with Gasteiger partial charge in [0.25, 0.3) is 0 Å². The van der Waals surface area contributed by atoms with E-state index in [1.807, 2.05) is 6.92 Å². The lowest BCUT2D eigenvalue weighted by Gasteiger charge is -2.20. The van der Waals surface area contributed by atoms with Gasteiger partial charge < -0.3 is 4.74 Å².